The van der Waals surface area contributed by atoms with E-state index in [1.165, 1.54) is 0 Å². The van der Waals surface area contributed by atoms with Crippen molar-refractivity contribution in [2.75, 3.05) is 6.26 Å². The number of hydrogen-bond acceptors (Lipinski definition) is 6. The molecule has 136 valence electrons. The molecule has 0 spiro atoms. The van der Waals surface area contributed by atoms with Crippen LogP contribution in [0.5, 0.6) is 0 Å². The molecule has 0 N–H and O–H groups in total. The average Bonchev–Trinajstić information content (AvgIpc) is 3.00. The molecule has 3 rings (SSSR count). The number of sulfone groups is 1. The van der Waals surface area contributed by atoms with Gasteiger partial charge >= 0.3 is 6.18 Å². The van der Waals surface area contributed by atoms with Gasteiger partial charge in [-0.25, -0.2) is 23.4 Å². The number of nitrogens with zero attached hydrogens (tertiary/aromatic N) is 5. The molecule has 11 heteroatoms. The Hall–Kier alpha value is -2.82. The van der Waals surface area contributed by atoms with Crippen LogP contribution in [0.25, 0.3) is 17.3 Å². The number of benzene rings is 1. The van der Waals surface area contributed by atoms with Crippen molar-refractivity contribution >= 4 is 9.84 Å². The smallest absolute Gasteiger partial charge is 0.224 e. The molecule has 2 heterocycles. The van der Waals surface area contributed by atoms with Gasteiger partial charge < -0.3 is 0 Å². The van der Waals surface area contributed by atoms with Crippen molar-refractivity contribution in [3.8, 4) is 17.3 Å². The summed E-state index contributed by atoms with van der Waals surface area (Å²) in [6.45, 7) is 1.84. The summed E-state index contributed by atoms with van der Waals surface area (Å²) in [5, 5.41) is 3.45. The first-order valence-corrected chi connectivity index (χ1v) is 9.08. The second-order valence-electron chi connectivity index (χ2n) is 5.53. The third-order valence-corrected chi connectivity index (χ3v) is 4.47. The lowest BCUT2D eigenvalue weighted by Gasteiger charge is -2.05. The highest BCUT2D eigenvalue weighted by Crippen LogP contribution is 2.29. The number of alkyl halides is 3. The normalized spacial score (nSPS) is 12.3. The summed E-state index contributed by atoms with van der Waals surface area (Å²) < 4.78 is 62.9. The van der Waals surface area contributed by atoms with Crippen molar-refractivity contribution in [3.63, 3.8) is 0 Å². The van der Waals surface area contributed by atoms with E-state index in [-0.39, 0.29) is 16.7 Å². The molecule has 0 aliphatic rings. The van der Waals surface area contributed by atoms with Gasteiger partial charge in [0, 0.05) is 11.8 Å². The van der Waals surface area contributed by atoms with Gasteiger partial charge in [0.25, 0.3) is 11.8 Å². The van der Waals surface area contributed by atoms with E-state index in [1.807, 2.05) is 6.92 Å². The van der Waals surface area contributed by atoms with E-state index in [2.05, 4.69) is 20.1 Å². The van der Waals surface area contributed by atoms with Crippen LogP contribution in [0.15, 0.2) is 41.6 Å². The van der Waals surface area contributed by atoms with E-state index in [1.54, 1.807) is 24.3 Å². The zero-order valence-electron chi connectivity index (χ0n) is 13.6. The fourth-order valence-electron chi connectivity index (χ4n) is 2.07. The van der Waals surface area contributed by atoms with Crippen LogP contribution in [0, 0.1) is 6.92 Å². The average molecular weight is 383 g/mol. The maximum Gasteiger partial charge on any atom is 0.453 e. The predicted molar refractivity (Wildman–Crippen MR) is 85.2 cm³/mol. The molecule has 1 aromatic carbocycles. The minimum absolute atomic E-state index is 0.107. The van der Waals surface area contributed by atoms with Crippen LogP contribution in [0.4, 0.5) is 13.2 Å². The van der Waals surface area contributed by atoms with Crippen molar-refractivity contribution in [1.82, 2.24) is 24.7 Å². The second-order valence-corrected chi connectivity index (χ2v) is 7.54. The minimum atomic E-state index is -4.75. The molecule has 0 aliphatic carbocycles. The van der Waals surface area contributed by atoms with E-state index in [0.717, 1.165) is 28.9 Å². The maximum absolute atomic E-state index is 13.0. The first kappa shape index (κ1) is 18.0. The molecule has 0 radical (unpaired) electrons. The molecule has 0 aliphatic heterocycles. The van der Waals surface area contributed by atoms with Crippen LogP contribution in [-0.4, -0.2) is 39.4 Å². The fourth-order valence-corrected chi connectivity index (χ4v) is 2.56. The van der Waals surface area contributed by atoms with Gasteiger partial charge in [-0.05, 0) is 6.92 Å². The summed E-state index contributed by atoms with van der Waals surface area (Å²) in [6.07, 6.45) is -1.77. The molecule has 0 saturated carbocycles. The summed E-state index contributed by atoms with van der Waals surface area (Å²) in [5.41, 5.74) is 1.30. The molecule has 3 aromatic rings. The molecule has 26 heavy (non-hydrogen) atoms. The highest BCUT2D eigenvalue weighted by molar-refractivity contribution is 7.90. The summed E-state index contributed by atoms with van der Waals surface area (Å²) in [5.74, 6) is -1.68. The summed E-state index contributed by atoms with van der Waals surface area (Å²) in [7, 11) is -3.54. The van der Waals surface area contributed by atoms with Crippen LogP contribution >= 0.6 is 0 Å². The van der Waals surface area contributed by atoms with E-state index in [9.17, 15) is 21.6 Å². The lowest BCUT2D eigenvalue weighted by atomic mass is 10.1. The van der Waals surface area contributed by atoms with Crippen molar-refractivity contribution < 1.29 is 21.6 Å². The van der Waals surface area contributed by atoms with Crippen LogP contribution in [0.1, 0.15) is 11.4 Å². The number of aromatic nitrogens is 5. The van der Waals surface area contributed by atoms with E-state index in [4.69, 9.17) is 0 Å². The van der Waals surface area contributed by atoms with Crippen LogP contribution in [-0.2, 0) is 16.0 Å². The van der Waals surface area contributed by atoms with E-state index in [0.29, 0.717) is 5.56 Å². The standard InChI is InChI=1S/C15H12F3N5O2S/c1-9-3-5-10(6-4-9)12-21-13(15(16,17)18)22-23(12)14-19-7-11(8-20-14)26(2,24)25/h3-8H,1-2H3. The number of rotatable bonds is 3. The van der Waals surface area contributed by atoms with Gasteiger partial charge in [0.05, 0.1) is 12.4 Å². The number of halogens is 3. The maximum atomic E-state index is 13.0. The SMILES string of the molecule is Cc1ccc(-c2nc(C(F)(F)F)nn2-c2ncc(S(C)(=O)=O)cn2)cc1. The Balaban J connectivity index is 2.16. The van der Waals surface area contributed by atoms with Crippen molar-refractivity contribution in [1.29, 1.82) is 0 Å². The molecule has 2 aromatic heterocycles. The van der Waals surface area contributed by atoms with Crippen molar-refractivity contribution in [2.45, 2.75) is 18.0 Å². The van der Waals surface area contributed by atoms with Gasteiger partial charge in [-0.2, -0.15) is 17.9 Å². The summed E-state index contributed by atoms with van der Waals surface area (Å²) in [4.78, 5) is 11.0. The molecule has 0 bridgehead atoms. The fraction of sp³-hybridized carbons (Fsp3) is 0.200. The van der Waals surface area contributed by atoms with Gasteiger partial charge in [-0.15, -0.1) is 5.10 Å². The van der Waals surface area contributed by atoms with Gasteiger partial charge in [0.15, 0.2) is 15.7 Å². The summed E-state index contributed by atoms with van der Waals surface area (Å²) in [6, 6.07) is 6.63. The van der Waals surface area contributed by atoms with Crippen molar-refractivity contribution in [3.05, 3.63) is 48.0 Å². The zero-order valence-corrected chi connectivity index (χ0v) is 14.4. The van der Waals surface area contributed by atoms with Gasteiger partial charge in [0.2, 0.25) is 0 Å². The van der Waals surface area contributed by atoms with Gasteiger partial charge in [0.1, 0.15) is 4.90 Å². The van der Waals surface area contributed by atoms with E-state index >= 15 is 0 Å². The Bertz CT molecular complexity index is 1040. The highest BCUT2D eigenvalue weighted by atomic mass is 32.2. The largest absolute Gasteiger partial charge is 0.453 e. The quantitative estimate of drug-likeness (QED) is 0.690. The molecule has 0 amide bonds. The molecule has 0 saturated heterocycles. The molecule has 0 atom stereocenters. The van der Waals surface area contributed by atoms with Gasteiger partial charge in [-0.3, -0.25) is 0 Å². The van der Waals surface area contributed by atoms with E-state index < -0.39 is 21.8 Å². The minimum Gasteiger partial charge on any atom is -0.224 e. The highest BCUT2D eigenvalue weighted by Gasteiger charge is 2.37. The number of aryl methyl sites for hydroxylation is 1. The zero-order chi connectivity index (χ0) is 19.1. The summed E-state index contributed by atoms with van der Waals surface area (Å²) >= 11 is 0. The lowest BCUT2D eigenvalue weighted by Crippen LogP contribution is -2.10. The predicted octanol–water partition coefficient (Wildman–Crippen LogP) is 2.46. The lowest BCUT2D eigenvalue weighted by molar-refractivity contribution is -0.144. The topological polar surface area (TPSA) is 90.6 Å². The Morgan fingerprint density at radius 1 is 1.04 bits per heavy atom. The second kappa shape index (κ2) is 6.16. The molecular formula is C15H12F3N5O2S. The Morgan fingerprint density at radius 3 is 2.12 bits per heavy atom. The third kappa shape index (κ3) is 3.57. The third-order valence-electron chi connectivity index (χ3n) is 3.40. The van der Waals surface area contributed by atoms with Crippen LogP contribution < -0.4 is 0 Å². The van der Waals surface area contributed by atoms with Crippen LogP contribution in [0.3, 0.4) is 0 Å². The van der Waals surface area contributed by atoms with Gasteiger partial charge in [-0.1, -0.05) is 29.8 Å². The number of hydrogen-bond donors (Lipinski definition) is 0. The molecular weight excluding hydrogens is 371 g/mol. The first-order chi connectivity index (χ1) is 12.1. The Kier molecular flexibility index (Phi) is 4.26. The monoisotopic (exact) mass is 383 g/mol. The molecule has 0 fully saturated rings. The molecule has 7 nitrogen and oxygen atoms in total. The Labute approximate surface area is 146 Å². The first-order valence-electron chi connectivity index (χ1n) is 7.19. The van der Waals surface area contributed by atoms with Crippen molar-refractivity contribution in [2.24, 2.45) is 0 Å². The Morgan fingerprint density at radius 2 is 1.62 bits per heavy atom. The van der Waals surface area contributed by atoms with Crippen LogP contribution in [0.2, 0.25) is 0 Å². The molecule has 0 unspecified atom stereocenters.